The van der Waals surface area contributed by atoms with Crippen molar-refractivity contribution in [2.45, 2.75) is 44.3 Å². The Morgan fingerprint density at radius 3 is 2.85 bits per heavy atom. The van der Waals surface area contributed by atoms with Gasteiger partial charge in [-0.3, -0.25) is 9.69 Å². The van der Waals surface area contributed by atoms with E-state index >= 15 is 0 Å². The van der Waals surface area contributed by atoms with E-state index in [0.29, 0.717) is 12.1 Å². The maximum atomic E-state index is 11.0. The second kappa shape index (κ2) is 6.24. The van der Waals surface area contributed by atoms with Crippen molar-refractivity contribution in [3.8, 4) is 0 Å². The van der Waals surface area contributed by atoms with Crippen molar-refractivity contribution in [3.63, 3.8) is 0 Å². The summed E-state index contributed by atoms with van der Waals surface area (Å²) >= 11 is 1.78. The molecule has 0 saturated heterocycles. The maximum absolute atomic E-state index is 11.0. The zero-order valence-electron chi connectivity index (χ0n) is 11.6. The molecular formula is C15H22N2O2S. The standard InChI is InChI=1S/C15H22N2O2S/c18-15(19)10-17(9-11-3-4-11)13-6-12(7-13)16-8-14-2-1-5-20-14/h1-2,5,11-13,16H,3-4,6-10H2,(H,18,19). The van der Waals surface area contributed by atoms with Crippen molar-refractivity contribution in [2.24, 2.45) is 5.92 Å². The minimum absolute atomic E-state index is 0.207. The lowest BCUT2D eigenvalue weighted by molar-refractivity contribution is -0.139. The average Bonchev–Trinajstić information content (AvgIpc) is 3.00. The highest BCUT2D eigenvalue weighted by Gasteiger charge is 2.36. The van der Waals surface area contributed by atoms with Crippen molar-refractivity contribution in [1.29, 1.82) is 0 Å². The third kappa shape index (κ3) is 3.81. The quantitative estimate of drug-likeness (QED) is 0.771. The molecule has 0 unspecified atom stereocenters. The predicted molar refractivity (Wildman–Crippen MR) is 79.9 cm³/mol. The molecule has 2 saturated carbocycles. The number of carboxylic acid groups (broad SMARTS) is 1. The summed E-state index contributed by atoms with van der Waals surface area (Å²) in [6, 6.07) is 5.25. The molecule has 1 aromatic heterocycles. The summed E-state index contributed by atoms with van der Waals surface area (Å²) in [5.41, 5.74) is 0. The SMILES string of the molecule is O=C(O)CN(CC1CC1)C1CC(NCc2cccs2)C1. The fourth-order valence-electron chi connectivity index (χ4n) is 2.86. The third-order valence-corrected chi connectivity index (χ3v) is 5.18. The lowest BCUT2D eigenvalue weighted by atomic mass is 9.85. The summed E-state index contributed by atoms with van der Waals surface area (Å²) in [6.07, 6.45) is 4.74. The molecule has 3 rings (SSSR count). The first-order valence-electron chi connectivity index (χ1n) is 7.42. The molecule has 0 atom stereocenters. The number of hydrogen-bond acceptors (Lipinski definition) is 4. The number of nitrogens with zero attached hydrogens (tertiary/aromatic N) is 1. The van der Waals surface area contributed by atoms with Crippen molar-refractivity contribution >= 4 is 17.3 Å². The first-order valence-corrected chi connectivity index (χ1v) is 8.30. The highest BCUT2D eigenvalue weighted by molar-refractivity contribution is 7.09. The van der Waals surface area contributed by atoms with Crippen molar-refractivity contribution in [3.05, 3.63) is 22.4 Å². The number of carboxylic acids is 1. The van der Waals surface area contributed by atoms with E-state index in [4.69, 9.17) is 5.11 Å². The van der Waals surface area contributed by atoms with Gasteiger partial charge in [-0.25, -0.2) is 0 Å². The lowest BCUT2D eigenvalue weighted by Crippen LogP contribution is -2.54. The topological polar surface area (TPSA) is 52.6 Å². The summed E-state index contributed by atoms with van der Waals surface area (Å²) < 4.78 is 0. The first-order chi connectivity index (χ1) is 9.70. The molecule has 5 heteroatoms. The smallest absolute Gasteiger partial charge is 0.317 e. The minimum Gasteiger partial charge on any atom is -0.480 e. The number of carbonyl (C=O) groups is 1. The molecule has 0 aromatic carbocycles. The molecule has 2 aliphatic carbocycles. The van der Waals surface area contributed by atoms with Gasteiger partial charge in [0.1, 0.15) is 0 Å². The molecule has 0 amide bonds. The summed E-state index contributed by atoms with van der Waals surface area (Å²) in [6.45, 7) is 2.13. The van der Waals surface area contributed by atoms with Crippen molar-refractivity contribution in [2.75, 3.05) is 13.1 Å². The molecule has 110 valence electrons. The number of aliphatic carboxylic acids is 1. The summed E-state index contributed by atoms with van der Waals surface area (Å²) in [5, 5.41) is 14.7. The van der Waals surface area contributed by atoms with Crippen LogP contribution in [0.2, 0.25) is 0 Å². The van der Waals surface area contributed by atoms with E-state index in [2.05, 4.69) is 27.7 Å². The molecule has 0 spiro atoms. The lowest BCUT2D eigenvalue weighted by Gasteiger charge is -2.43. The van der Waals surface area contributed by atoms with Gasteiger partial charge in [-0.2, -0.15) is 0 Å². The van der Waals surface area contributed by atoms with E-state index in [9.17, 15) is 4.79 Å². The number of thiophene rings is 1. The third-order valence-electron chi connectivity index (χ3n) is 4.30. The Kier molecular flexibility index (Phi) is 4.38. The van der Waals surface area contributed by atoms with Crippen LogP contribution >= 0.6 is 11.3 Å². The second-order valence-electron chi connectivity index (χ2n) is 6.05. The number of rotatable bonds is 8. The summed E-state index contributed by atoms with van der Waals surface area (Å²) in [4.78, 5) is 14.5. The monoisotopic (exact) mass is 294 g/mol. The Morgan fingerprint density at radius 1 is 1.45 bits per heavy atom. The molecule has 2 fully saturated rings. The second-order valence-corrected chi connectivity index (χ2v) is 7.08. The highest BCUT2D eigenvalue weighted by atomic mass is 32.1. The fourth-order valence-corrected chi connectivity index (χ4v) is 3.51. The summed E-state index contributed by atoms with van der Waals surface area (Å²) in [5.74, 6) is 0.0631. The van der Waals surface area contributed by atoms with Crippen LogP contribution in [0.3, 0.4) is 0 Å². The van der Waals surface area contributed by atoms with Gasteiger partial charge in [-0.1, -0.05) is 6.07 Å². The van der Waals surface area contributed by atoms with E-state index in [1.54, 1.807) is 11.3 Å². The predicted octanol–water partition coefficient (Wildman–Crippen LogP) is 2.17. The number of hydrogen-bond donors (Lipinski definition) is 2. The molecule has 20 heavy (non-hydrogen) atoms. The number of nitrogens with one attached hydrogen (secondary N) is 1. The van der Waals surface area contributed by atoms with Gasteiger partial charge in [-0.05, 0) is 43.0 Å². The van der Waals surface area contributed by atoms with Crippen LogP contribution < -0.4 is 5.32 Å². The zero-order chi connectivity index (χ0) is 13.9. The van der Waals surface area contributed by atoms with Crippen molar-refractivity contribution < 1.29 is 9.90 Å². The molecule has 4 nitrogen and oxygen atoms in total. The average molecular weight is 294 g/mol. The zero-order valence-corrected chi connectivity index (χ0v) is 12.4. The Bertz CT molecular complexity index is 439. The molecule has 0 bridgehead atoms. The van der Waals surface area contributed by atoms with Crippen molar-refractivity contribution in [1.82, 2.24) is 10.2 Å². The van der Waals surface area contributed by atoms with Crippen LogP contribution in [0.15, 0.2) is 17.5 Å². The van der Waals surface area contributed by atoms with Crippen LogP contribution in [0, 0.1) is 5.92 Å². The molecule has 0 radical (unpaired) electrons. The van der Waals surface area contributed by atoms with E-state index in [1.165, 1.54) is 17.7 Å². The highest BCUT2D eigenvalue weighted by Crippen LogP contribution is 2.33. The van der Waals surface area contributed by atoms with E-state index in [-0.39, 0.29) is 6.54 Å². The van der Waals surface area contributed by atoms with Gasteiger partial charge >= 0.3 is 5.97 Å². The largest absolute Gasteiger partial charge is 0.480 e. The summed E-state index contributed by atoms with van der Waals surface area (Å²) in [7, 11) is 0. The molecule has 2 aliphatic rings. The molecule has 1 aromatic rings. The van der Waals surface area contributed by atoms with Crippen LogP contribution in [-0.2, 0) is 11.3 Å². The van der Waals surface area contributed by atoms with Crippen LogP contribution in [-0.4, -0.2) is 41.1 Å². The minimum atomic E-state index is -0.694. The van der Waals surface area contributed by atoms with Gasteiger partial charge in [0.15, 0.2) is 0 Å². The Balaban J connectivity index is 1.41. The van der Waals surface area contributed by atoms with Gasteiger partial charge in [0, 0.05) is 30.1 Å². The Labute approximate surface area is 123 Å². The van der Waals surface area contributed by atoms with Gasteiger partial charge in [0.25, 0.3) is 0 Å². The van der Waals surface area contributed by atoms with Crippen LogP contribution in [0.1, 0.15) is 30.6 Å². The molecule has 1 heterocycles. The van der Waals surface area contributed by atoms with Gasteiger partial charge in [-0.15, -0.1) is 11.3 Å². The molecule has 2 N–H and O–H groups in total. The van der Waals surface area contributed by atoms with E-state index < -0.39 is 5.97 Å². The Hall–Kier alpha value is -0.910. The first kappa shape index (κ1) is 14.0. The van der Waals surface area contributed by atoms with E-state index in [1.807, 2.05) is 0 Å². The van der Waals surface area contributed by atoms with Gasteiger partial charge in [0.05, 0.1) is 6.54 Å². The van der Waals surface area contributed by atoms with Crippen LogP contribution in [0.25, 0.3) is 0 Å². The van der Waals surface area contributed by atoms with Gasteiger partial charge < -0.3 is 10.4 Å². The molecular weight excluding hydrogens is 272 g/mol. The normalized spacial score (nSPS) is 25.6. The van der Waals surface area contributed by atoms with Crippen LogP contribution in [0.5, 0.6) is 0 Å². The Morgan fingerprint density at radius 2 is 2.25 bits per heavy atom. The van der Waals surface area contributed by atoms with Crippen LogP contribution in [0.4, 0.5) is 0 Å². The van der Waals surface area contributed by atoms with Gasteiger partial charge in [0.2, 0.25) is 0 Å². The van der Waals surface area contributed by atoms with E-state index in [0.717, 1.165) is 31.8 Å². The maximum Gasteiger partial charge on any atom is 0.317 e. The fraction of sp³-hybridized carbons (Fsp3) is 0.667. The molecule has 0 aliphatic heterocycles.